The van der Waals surface area contributed by atoms with Crippen molar-refractivity contribution in [2.75, 3.05) is 0 Å². The second-order valence-electron chi connectivity index (χ2n) is 4.47. The van der Waals surface area contributed by atoms with Crippen LogP contribution >= 0.6 is 20.2 Å². The molecule has 98 valence electrons. The Morgan fingerprint density at radius 3 is 1.88 bits per heavy atom. The Labute approximate surface area is 105 Å². The van der Waals surface area contributed by atoms with Crippen LogP contribution in [0.4, 0.5) is 0 Å². The van der Waals surface area contributed by atoms with Crippen LogP contribution in [0.3, 0.4) is 0 Å². The average Bonchev–Trinajstić information content (AvgIpc) is 2.11. The Morgan fingerprint density at radius 2 is 1.56 bits per heavy atom. The van der Waals surface area contributed by atoms with Crippen molar-refractivity contribution in [3.8, 4) is 0 Å². The first-order chi connectivity index (χ1) is 7.31. The standard InChI is InChI=1S/C11H25O3PS/c1-6-7-8-11(16)15(12,13-9(2)3)14-10(4)5/h9-11,16H,6-8H2,1-5H3/t11-/m0/s1. The van der Waals surface area contributed by atoms with Crippen molar-refractivity contribution in [1.82, 2.24) is 0 Å². The molecule has 0 aromatic carbocycles. The Bertz CT molecular complexity index is 217. The van der Waals surface area contributed by atoms with E-state index in [4.69, 9.17) is 9.05 Å². The van der Waals surface area contributed by atoms with Gasteiger partial charge in [-0.1, -0.05) is 19.8 Å². The lowest BCUT2D eigenvalue weighted by molar-refractivity contribution is 0.140. The predicted octanol–water partition coefficient (Wildman–Crippen LogP) is 4.48. The van der Waals surface area contributed by atoms with Gasteiger partial charge in [-0.25, -0.2) is 0 Å². The molecule has 0 bridgehead atoms. The van der Waals surface area contributed by atoms with Gasteiger partial charge in [-0.3, -0.25) is 4.57 Å². The summed E-state index contributed by atoms with van der Waals surface area (Å²) in [7, 11) is -3.09. The van der Waals surface area contributed by atoms with Crippen LogP contribution in [0.5, 0.6) is 0 Å². The van der Waals surface area contributed by atoms with Crippen LogP contribution < -0.4 is 0 Å². The molecule has 0 radical (unpaired) electrons. The summed E-state index contributed by atoms with van der Waals surface area (Å²) in [6.07, 6.45) is 2.58. The van der Waals surface area contributed by atoms with Crippen molar-refractivity contribution in [1.29, 1.82) is 0 Å². The highest BCUT2D eigenvalue weighted by Crippen LogP contribution is 2.57. The van der Waals surface area contributed by atoms with E-state index in [1.807, 2.05) is 27.7 Å². The zero-order valence-electron chi connectivity index (χ0n) is 11.0. The first kappa shape index (κ1) is 16.5. The highest BCUT2D eigenvalue weighted by molar-refractivity contribution is 7.89. The van der Waals surface area contributed by atoms with Crippen LogP contribution in [0.2, 0.25) is 0 Å². The second kappa shape index (κ2) is 7.75. The summed E-state index contributed by atoms with van der Waals surface area (Å²) >= 11 is 4.38. The lowest BCUT2D eigenvalue weighted by Gasteiger charge is -2.27. The van der Waals surface area contributed by atoms with E-state index in [0.717, 1.165) is 19.3 Å². The van der Waals surface area contributed by atoms with E-state index in [2.05, 4.69) is 19.6 Å². The maximum absolute atomic E-state index is 12.5. The fourth-order valence-electron chi connectivity index (χ4n) is 1.30. The SMILES string of the molecule is CCCC[C@H](S)P(=O)(OC(C)C)OC(C)C. The number of unbranched alkanes of at least 4 members (excludes halogenated alkanes) is 1. The highest BCUT2D eigenvalue weighted by Gasteiger charge is 2.35. The van der Waals surface area contributed by atoms with Gasteiger partial charge in [0.25, 0.3) is 0 Å². The van der Waals surface area contributed by atoms with Gasteiger partial charge in [0.05, 0.1) is 12.2 Å². The number of hydrogen-bond donors (Lipinski definition) is 1. The summed E-state index contributed by atoms with van der Waals surface area (Å²) in [5, 5.41) is 0. The third-order valence-electron chi connectivity index (χ3n) is 1.90. The minimum Gasteiger partial charge on any atom is -0.305 e. The summed E-state index contributed by atoms with van der Waals surface area (Å²) in [5.74, 6) is 0. The molecule has 0 fully saturated rings. The molecule has 0 rings (SSSR count). The number of hydrogen-bond acceptors (Lipinski definition) is 4. The normalized spacial score (nSPS) is 14.8. The van der Waals surface area contributed by atoms with Crippen LogP contribution in [-0.4, -0.2) is 17.2 Å². The molecule has 1 atom stereocenters. The van der Waals surface area contributed by atoms with Crippen molar-refractivity contribution in [3.05, 3.63) is 0 Å². The minimum absolute atomic E-state index is 0.110. The molecule has 0 N–H and O–H groups in total. The zero-order valence-corrected chi connectivity index (χ0v) is 12.8. The van der Waals surface area contributed by atoms with Gasteiger partial charge in [0.2, 0.25) is 0 Å². The lowest BCUT2D eigenvalue weighted by atomic mass is 10.3. The van der Waals surface area contributed by atoms with Crippen LogP contribution in [0, 0.1) is 0 Å². The molecule has 3 nitrogen and oxygen atoms in total. The van der Waals surface area contributed by atoms with E-state index < -0.39 is 7.60 Å². The van der Waals surface area contributed by atoms with Gasteiger partial charge in [0.1, 0.15) is 4.99 Å². The monoisotopic (exact) mass is 268 g/mol. The van der Waals surface area contributed by atoms with Crippen molar-refractivity contribution >= 4 is 20.2 Å². The van der Waals surface area contributed by atoms with Gasteiger partial charge in [-0.05, 0) is 34.1 Å². The molecular weight excluding hydrogens is 243 g/mol. The van der Waals surface area contributed by atoms with E-state index in [-0.39, 0.29) is 17.2 Å². The van der Waals surface area contributed by atoms with Gasteiger partial charge in [0.15, 0.2) is 0 Å². The van der Waals surface area contributed by atoms with E-state index in [0.29, 0.717) is 0 Å². The minimum atomic E-state index is -3.09. The largest absolute Gasteiger partial charge is 0.343 e. The Balaban J connectivity index is 4.56. The summed E-state index contributed by atoms with van der Waals surface area (Å²) in [6, 6.07) is 0. The van der Waals surface area contributed by atoms with Crippen molar-refractivity contribution in [3.63, 3.8) is 0 Å². The fraction of sp³-hybridized carbons (Fsp3) is 1.00. The smallest absolute Gasteiger partial charge is 0.305 e. The third kappa shape index (κ3) is 6.29. The quantitative estimate of drug-likeness (QED) is 0.521. The van der Waals surface area contributed by atoms with E-state index in [9.17, 15) is 4.57 Å². The van der Waals surface area contributed by atoms with Gasteiger partial charge < -0.3 is 9.05 Å². The predicted molar refractivity (Wildman–Crippen MR) is 72.3 cm³/mol. The summed E-state index contributed by atoms with van der Waals surface area (Å²) in [5.41, 5.74) is 0. The van der Waals surface area contributed by atoms with Crippen molar-refractivity contribution in [2.45, 2.75) is 71.1 Å². The van der Waals surface area contributed by atoms with Crippen LogP contribution in [0.15, 0.2) is 0 Å². The van der Waals surface area contributed by atoms with E-state index in [1.165, 1.54) is 0 Å². The molecule has 16 heavy (non-hydrogen) atoms. The van der Waals surface area contributed by atoms with Crippen LogP contribution in [0.1, 0.15) is 53.9 Å². The Hall–Kier alpha value is 0.500. The molecule has 0 spiro atoms. The van der Waals surface area contributed by atoms with Crippen LogP contribution in [-0.2, 0) is 13.6 Å². The lowest BCUT2D eigenvalue weighted by Crippen LogP contribution is -2.14. The first-order valence-corrected chi connectivity index (χ1v) is 8.09. The number of rotatable bonds is 8. The molecule has 0 saturated carbocycles. The molecule has 0 aliphatic heterocycles. The molecule has 0 aromatic rings. The second-order valence-corrected chi connectivity index (χ2v) is 7.63. The molecule has 0 saturated heterocycles. The summed E-state index contributed by atoms with van der Waals surface area (Å²) < 4.78 is 23.4. The molecule has 0 heterocycles. The van der Waals surface area contributed by atoms with E-state index in [1.54, 1.807) is 0 Å². The topological polar surface area (TPSA) is 35.5 Å². The molecule has 0 amide bonds. The Morgan fingerprint density at radius 1 is 1.12 bits per heavy atom. The van der Waals surface area contributed by atoms with Crippen molar-refractivity contribution < 1.29 is 13.6 Å². The molecule has 0 unspecified atom stereocenters. The summed E-state index contributed by atoms with van der Waals surface area (Å²) in [4.78, 5) is -0.322. The highest BCUT2D eigenvalue weighted by atomic mass is 32.1. The molecule has 0 aliphatic rings. The average molecular weight is 268 g/mol. The van der Waals surface area contributed by atoms with Gasteiger partial charge in [0, 0.05) is 0 Å². The Kier molecular flexibility index (Phi) is 8.00. The maximum Gasteiger partial charge on any atom is 0.343 e. The maximum atomic E-state index is 12.5. The van der Waals surface area contributed by atoms with Crippen LogP contribution in [0.25, 0.3) is 0 Å². The third-order valence-corrected chi connectivity index (χ3v) is 5.42. The zero-order chi connectivity index (χ0) is 12.8. The van der Waals surface area contributed by atoms with Crippen molar-refractivity contribution in [2.24, 2.45) is 0 Å². The van der Waals surface area contributed by atoms with Gasteiger partial charge in [-0.15, -0.1) is 0 Å². The molecular formula is C11H25O3PS. The first-order valence-electron chi connectivity index (χ1n) is 5.96. The van der Waals surface area contributed by atoms with E-state index >= 15 is 0 Å². The van der Waals surface area contributed by atoms with Gasteiger partial charge in [-0.2, -0.15) is 12.6 Å². The summed E-state index contributed by atoms with van der Waals surface area (Å²) in [6.45, 7) is 9.53. The number of thiol groups is 1. The molecule has 0 aliphatic carbocycles. The van der Waals surface area contributed by atoms with Gasteiger partial charge >= 0.3 is 7.60 Å². The fourth-order valence-corrected chi connectivity index (χ4v) is 3.81. The molecule has 5 heteroatoms. The molecule has 0 aromatic heterocycles.